The summed E-state index contributed by atoms with van der Waals surface area (Å²) >= 11 is 0. The molecule has 0 aliphatic rings. The van der Waals surface area contributed by atoms with E-state index in [0.29, 0.717) is 0 Å². The summed E-state index contributed by atoms with van der Waals surface area (Å²) in [6.07, 6.45) is 0. The minimum absolute atomic E-state index is 1.15. The molecule has 0 saturated heterocycles. The number of benzene rings is 22. The third kappa shape index (κ3) is 9.39. The van der Waals surface area contributed by atoms with Crippen LogP contribution in [-0.2, 0) is 0 Å². The summed E-state index contributed by atoms with van der Waals surface area (Å²) in [7, 11) is 0. The lowest BCUT2D eigenvalue weighted by molar-refractivity contribution is 1.18. The third-order valence-electron chi connectivity index (χ3n) is 31.5. The van der Waals surface area contributed by atoms with Crippen molar-refractivity contribution in [3.63, 3.8) is 0 Å². The van der Waals surface area contributed by atoms with E-state index in [0.717, 1.165) is 22.7 Å². The van der Waals surface area contributed by atoms with Crippen molar-refractivity contribution in [2.75, 3.05) is 0 Å². The van der Waals surface area contributed by atoms with Crippen LogP contribution < -0.4 is 0 Å². The van der Waals surface area contributed by atoms with Crippen LogP contribution in [0.25, 0.3) is 307 Å². The maximum Gasteiger partial charge on any atom is 0.0642 e. The van der Waals surface area contributed by atoms with Crippen molar-refractivity contribution in [1.29, 1.82) is 0 Å². The number of aromatic nitrogens is 8. The minimum Gasteiger partial charge on any atom is -0.309 e. The summed E-state index contributed by atoms with van der Waals surface area (Å²) in [6.45, 7) is 0. The van der Waals surface area contributed by atoms with Gasteiger partial charge in [-0.05, 0) is 144 Å². The van der Waals surface area contributed by atoms with E-state index >= 15 is 0 Å². The van der Waals surface area contributed by atoms with E-state index in [4.69, 9.17) is 0 Å². The summed E-state index contributed by atoms with van der Waals surface area (Å²) in [5.74, 6) is 0. The van der Waals surface area contributed by atoms with Gasteiger partial charge in [0.15, 0.2) is 0 Å². The highest BCUT2D eigenvalue weighted by atomic mass is 15.0. The Morgan fingerprint density at radius 3 is 0.586 bits per heavy atom. The lowest BCUT2D eigenvalue weighted by Crippen LogP contribution is -1.94. The van der Waals surface area contributed by atoms with Crippen molar-refractivity contribution in [3.8, 4) is 67.3 Å². The second-order valence-electron chi connectivity index (χ2n) is 38.2. The molecule has 0 saturated carbocycles. The molecular weight excluding hydrogens is 1700 g/mol. The van der Waals surface area contributed by atoms with Gasteiger partial charge in [0.05, 0.1) is 110 Å². The first-order valence-electron chi connectivity index (χ1n) is 48.6. The number of hydrogen-bond donors (Lipinski definition) is 0. The number of nitrogens with zero attached hydrogens (tertiary/aromatic N) is 8. The van der Waals surface area contributed by atoms with Gasteiger partial charge in [0.1, 0.15) is 0 Å². The lowest BCUT2D eigenvalue weighted by atomic mass is 9.89. The summed E-state index contributed by atoms with van der Waals surface area (Å²) < 4.78 is 20.6. The molecular formula is C132H76N8. The predicted octanol–water partition coefficient (Wildman–Crippen LogP) is 35.0. The Morgan fingerprint density at radius 1 is 0.107 bits per heavy atom. The molecule has 34 rings (SSSR count). The van der Waals surface area contributed by atoms with Gasteiger partial charge in [-0.25, -0.2) is 0 Å². The highest BCUT2D eigenvalue weighted by Crippen LogP contribution is 2.61. The largest absolute Gasteiger partial charge is 0.309 e. The first-order valence-corrected chi connectivity index (χ1v) is 48.6. The van der Waals surface area contributed by atoms with Gasteiger partial charge in [-0.1, -0.05) is 340 Å². The molecule has 12 aromatic heterocycles. The van der Waals surface area contributed by atoms with Crippen LogP contribution in [-0.4, -0.2) is 35.9 Å². The highest BCUT2D eigenvalue weighted by Gasteiger charge is 2.38. The summed E-state index contributed by atoms with van der Waals surface area (Å²) in [6, 6.07) is 171. The van der Waals surface area contributed by atoms with Gasteiger partial charge in [0, 0.05) is 174 Å². The van der Waals surface area contributed by atoms with Crippen LogP contribution in [0.4, 0.5) is 0 Å². The molecule has 22 aromatic carbocycles. The van der Waals surface area contributed by atoms with Crippen LogP contribution in [0.1, 0.15) is 0 Å². The lowest BCUT2D eigenvalue weighted by Gasteiger charge is -2.16. The van der Waals surface area contributed by atoms with Gasteiger partial charge in [0.25, 0.3) is 0 Å². The molecule has 0 N–H and O–H groups in total. The second kappa shape index (κ2) is 27.5. The van der Waals surface area contributed by atoms with Crippen molar-refractivity contribution in [2.24, 2.45) is 0 Å². The molecule has 12 heterocycles. The van der Waals surface area contributed by atoms with Gasteiger partial charge in [0.2, 0.25) is 0 Å². The zero-order valence-electron chi connectivity index (χ0n) is 75.5. The molecule has 0 atom stereocenters. The summed E-state index contributed by atoms with van der Waals surface area (Å²) in [4.78, 5) is 0. The predicted molar refractivity (Wildman–Crippen MR) is 591 cm³/mol. The Morgan fingerprint density at radius 2 is 0.307 bits per heavy atom. The van der Waals surface area contributed by atoms with Gasteiger partial charge < -0.3 is 35.9 Å². The fraction of sp³-hybridized carbons (Fsp3) is 0. The topological polar surface area (TPSA) is 37.4 Å². The van der Waals surface area contributed by atoms with Crippen molar-refractivity contribution < 1.29 is 0 Å². The van der Waals surface area contributed by atoms with Crippen LogP contribution in [0, 0.1) is 0 Å². The minimum atomic E-state index is 1.15. The van der Waals surface area contributed by atoms with E-state index in [-0.39, 0.29) is 0 Å². The highest BCUT2D eigenvalue weighted by molar-refractivity contribution is 6.47. The molecule has 0 amide bonds. The molecule has 8 nitrogen and oxygen atoms in total. The first-order chi connectivity index (χ1) is 69.7. The Hall–Kier alpha value is -18.8. The van der Waals surface area contributed by atoms with E-state index in [1.807, 2.05) is 0 Å². The van der Waals surface area contributed by atoms with Crippen LogP contribution in [0.2, 0.25) is 0 Å². The van der Waals surface area contributed by atoms with Gasteiger partial charge >= 0.3 is 0 Å². The van der Waals surface area contributed by atoms with E-state index in [1.165, 1.54) is 284 Å². The SMILES string of the molecule is c1ccc(-c2c3c4cc5c(c6ccccc6n5-c5ccccc5)c5c6ccccc6n(c3c(-c3ccccc3)c3c6cc7c(c8ccccc8n7-c7ccccc7)c7c8ccccc8n(c23)c67)c45)cc1.c1ccc(-c2c3c4cc5c6ccccc6n(-c6ccccc6)c5c5c6ccccc6n(c3c(-c3ccccc3)c3c6cc7c8ccccc8n(-c8ccccc8)c7c7c8ccccc8n(c23)c67)c45)cc1. The van der Waals surface area contributed by atoms with Crippen LogP contribution >= 0.6 is 0 Å². The standard InChI is InChI=1S/2C66H38N4/c1-5-21-39(22-6-1)55-61-47-37-53-57(43-29-13-17-33-49(43)67(53)41-25-9-3-10-26-41)59-46-32-16-20-36-52(46)70(63(47)59)66(61)56(40-23-7-2-8-24-40)62-48-38-54-58(60-45-31-15-19-35-51(45)69(64(48)60)65(55)62)44-30-14-18-34-50(44)68(54)42-27-11-4-12-28-42;1-5-21-39(22-6-1)55-57-49-37-47-43-29-13-17-33-51(43)67(41-25-9-3-10-26-41)61(47)59-46-32-16-20-36-54(46)70(63(49)59)66(57)56(40-23-7-2-8-24-40)58-50-38-48-44-30-14-18-34-52(44)68(42-27-11-4-12-28-42)62(48)60-45-31-15-19-35-53(45)69(64(50)60)65(55)58/h2*1-38H. The molecule has 140 heavy (non-hydrogen) atoms. The molecule has 34 aromatic rings. The van der Waals surface area contributed by atoms with Crippen LogP contribution in [0.3, 0.4) is 0 Å². The molecule has 0 aliphatic carbocycles. The zero-order chi connectivity index (χ0) is 90.7. The average molecular weight is 1770 g/mol. The Balaban J connectivity index is 0.000000124. The number of hydrogen-bond acceptors (Lipinski definition) is 0. The van der Waals surface area contributed by atoms with Crippen molar-refractivity contribution in [1.82, 2.24) is 35.9 Å². The molecule has 8 heteroatoms. The Bertz CT molecular complexity index is 10700. The zero-order valence-corrected chi connectivity index (χ0v) is 75.5. The Labute approximate surface area is 798 Å². The maximum atomic E-state index is 2.65. The fourth-order valence-electron chi connectivity index (χ4n) is 26.5. The molecule has 0 fully saturated rings. The number of rotatable bonds is 8. The van der Waals surface area contributed by atoms with E-state index in [9.17, 15) is 0 Å². The summed E-state index contributed by atoms with van der Waals surface area (Å²) in [5.41, 5.74) is 39.0. The van der Waals surface area contributed by atoms with Gasteiger partial charge in [-0.3, -0.25) is 0 Å². The van der Waals surface area contributed by atoms with Crippen molar-refractivity contribution in [2.45, 2.75) is 0 Å². The van der Waals surface area contributed by atoms with E-state index in [2.05, 4.69) is 497 Å². The maximum absolute atomic E-state index is 2.65. The van der Waals surface area contributed by atoms with Crippen molar-refractivity contribution in [3.05, 3.63) is 461 Å². The van der Waals surface area contributed by atoms with Gasteiger partial charge in [-0.2, -0.15) is 0 Å². The van der Waals surface area contributed by atoms with E-state index in [1.54, 1.807) is 0 Å². The molecule has 644 valence electrons. The Kier molecular flexibility index (Phi) is 14.7. The average Bonchev–Trinajstić information content (AvgIpc) is 1.39. The smallest absolute Gasteiger partial charge is 0.0642 e. The molecule has 0 radical (unpaired) electrons. The van der Waals surface area contributed by atoms with E-state index < -0.39 is 0 Å². The number of para-hydroxylation sites is 12. The first kappa shape index (κ1) is 74.6. The summed E-state index contributed by atoms with van der Waals surface area (Å²) in [5, 5.41) is 30.4. The molecule has 0 aliphatic heterocycles. The molecule has 0 spiro atoms. The number of fused-ring (bicyclic) bond motifs is 40. The normalized spacial score (nSPS) is 12.6. The fourth-order valence-corrected chi connectivity index (χ4v) is 26.5. The quantitative estimate of drug-likeness (QED) is 0.145. The van der Waals surface area contributed by atoms with Crippen LogP contribution in [0.15, 0.2) is 461 Å². The van der Waals surface area contributed by atoms with Crippen LogP contribution in [0.5, 0.6) is 0 Å². The third-order valence-corrected chi connectivity index (χ3v) is 31.5. The molecule has 0 bridgehead atoms. The van der Waals surface area contributed by atoms with Crippen molar-refractivity contribution >= 4 is 240 Å². The van der Waals surface area contributed by atoms with Gasteiger partial charge in [-0.15, -0.1) is 0 Å². The second-order valence-corrected chi connectivity index (χ2v) is 38.2. The monoisotopic (exact) mass is 1770 g/mol. The molecule has 0 unspecified atom stereocenters.